The van der Waals surface area contributed by atoms with Crippen molar-refractivity contribution in [1.29, 1.82) is 0 Å². The first kappa shape index (κ1) is 13.9. The van der Waals surface area contributed by atoms with E-state index >= 15 is 4.39 Å². The van der Waals surface area contributed by atoms with Crippen LogP contribution in [0.15, 0.2) is 35.8 Å². The molecule has 1 unspecified atom stereocenters. The van der Waals surface area contributed by atoms with Crippen molar-refractivity contribution in [3.05, 3.63) is 56.5 Å². The number of alkyl halides is 1. The van der Waals surface area contributed by atoms with Gasteiger partial charge in [-0.05, 0) is 6.07 Å². The van der Waals surface area contributed by atoms with Gasteiger partial charge >= 0.3 is 6.09 Å². The van der Waals surface area contributed by atoms with Crippen molar-refractivity contribution in [2.75, 3.05) is 0 Å². The fourth-order valence-electron chi connectivity index (χ4n) is 1.70. The molecule has 1 aromatic carbocycles. The van der Waals surface area contributed by atoms with Crippen LogP contribution in [0.4, 0.5) is 14.9 Å². The van der Waals surface area contributed by atoms with Crippen molar-refractivity contribution in [3.8, 4) is 0 Å². The van der Waals surface area contributed by atoms with Crippen molar-refractivity contribution in [2.24, 2.45) is 0 Å². The predicted octanol–water partition coefficient (Wildman–Crippen LogP) is 2.49. The molecular formula is C11H8FN3O4S. The summed E-state index contributed by atoms with van der Waals surface area (Å²) in [6.45, 7) is 0. The maximum atomic E-state index is 15.1. The van der Waals surface area contributed by atoms with Crippen LogP contribution in [0.5, 0.6) is 0 Å². The van der Waals surface area contributed by atoms with Crippen molar-refractivity contribution >= 4 is 23.1 Å². The number of nitrogens with zero attached hydrogens (tertiary/aromatic N) is 2. The summed E-state index contributed by atoms with van der Waals surface area (Å²) in [5, 5.41) is 22.6. The van der Waals surface area contributed by atoms with E-state index in [1.54, 1.807) is 5.32 Å². The van der Waals surface area contributed by atoms with Gasteiger partial charge in [0.2, 0.25) is 0 Å². The molecule has 1 atom stereocenters. The summed E-state index contributed by atoms with van der Waals surface area (Å²) in [5.41, 5.74) is -0.943. The van der Waals surface area contributed by atoms with Gasteiger partial charge in [0, 0.05) is 17.6 Å². The number of para-hydroxylation sites is 1. The molecule has 0 saturated heterocycles. The van der Waals surface area contributed by atoms with Gasteiger partial charge in [0.15, 0.2) is 5.01 Å². The second-order valence-corrected chi connectivity index (χ2v) is 4.59. The van der Waals surface area contributed by atoms with Crippen LogP contribution in [0.25, 0.3) is 0 Å². The number of aromatic nitrogens is 1. The maximum Gasteiger partial charge on any atom is 0.407 e. The lowest BCUT2D eigenvalue weighted by atomic mass is 10.0. The first-order valence-electron chi connectivity index (χ1n) is 5.29. The van der Waals surface area contributed by atoms with E-state index in [0.29, 0.717) is 0 Å². The molecule has 2 aromatic rings. The highest BCUT2D eigenvalue weighted by Gasteiger charge is 2.43. The third kappa shape index (κ3) is 2.43. The Kier molecular flexibility index (Phi) is 3.61. The fourth-order valence-corrected chi connectivity index (χ4v) is 2.40. The molecule has 0 fully saturated rings. The lowest BCUT2D eigenvalue weighted by Crippen LogP contribution is -2.42. The van der Waals surface area contributed by atoms with Gasteiger partial charge in [0.1, 0.15) is 0 Å². The van der Waals surface area contributed by atoms with Crippen LogP contribution in [0, 0.1) is 10.1 Å². The monoisotopic (exact) mass is 297 g/mol. The standard InChI is InChI=1S/C11H8FN3O4S/c12-11(14-10(16)17,9-13-5-6-20-9)7-3-1-2-4-8(7)15(18)19/h1-6,14H,(H,16,17). The average molecular weight is 297 g/mol. The van der Waals surface area contributed by atoms with Crippen LogP contribution in [-0.2, 0) is 5.79 Å². The Morgan fingerprint density at radius 2 is 2.20 bits per heavy atom. The number of nitro groups is 1. The number of benzene rings is 1. The van der Waals surface area contributed by atoms with Gasteiger partial charge in [-0.25, -0.2) is 14.2 Å². The fraction of sp³-hybridized carbons (Fsp3) is 0.0909. The number of halogens is 1. The lowest BCUT2D eigenvalue weighted by molar-refractivity contribution is -0.386. The molecule has 7 nitrogen and oxygen atoms in total. The van der Waals surface area contributed by atoms with Crippen LogP contribution in [0.3, 0.4) is 0 Å². The van der Waals surface area contributed by atoms with Gasteiger partial charge in [-0.1, -0.05) is 12.1 Å². The Bertz CT molecular complexity index is 649. The molecule has 1 heterocycles. The van der Waals surface area contributed by atoms with E-state index in [-0.39, 0.29) is 5.01 Å². The Morgan fingerprint density at radius 1 is 1.50 bits per heavy atom. The highest BCUT2D eigenvalue weighted by molar-refractivity contribution is 7.09. The zero-order valence-electron chi connectivity index (χ0n) is 9.82. The average Bonchev–Trinajstić information content (AvgIpc) is 2.92. The smallest absolute Gasteiger partial charge is 0.407 e. The van der Waals surface area contributed by atoms with Crippen LogP contribution >= 0.6 is 11.3 Å². The van der Waals surface area contributed by atoms with Crippen molar-refractivity contribution < 1.29 is 19.2 Å². The molecule has 0 saturated carbocycles. The summed E-state index contributed by atoms with van der Waals surface area (Å²) in [7, 11) is 0. The van der Waals surface area contributed by atoms with Crippen molar-refractivity contribution in [3.63, 3.8) is 0 Å². The lowest BCUT2D eigenvalue weighted by Gasteiger charge is -2.22. The molecule has 0 aliphatic heterocycles. The summed E-state index contributed by atoms with van der Waals surface area (Å²) in [6.07, 6.45) is -0.368. The number of rotatable bonds is 4. The van der Waals surface area contributed by atoms with E-state index in [9.17, 15) is 14.9 Å². The van der Waals surface area contributed by atoms with Gasteiger partial charge in [-0.15, -0.1) is 11.3 Å². The zero-order valence-corrected chi connectivity index (χ0v) is 10.6. The van der Waals surface area contributed by atoms with E-state index in [1.807, 2.05) is 0 Å². The summed E-state index contributed by atoms with van der Waals surface area (Å²) in [6, 6.07) is 4.99. The Morgan fingerprint density at radius 3 is 2.75 bits per heavy atom. The van der Waals surface area contributed by atoms with Crippen LogP contribution in [-0.4, -0.2) is 21.1 Å². The number of amides is 1. The molecular weight excluding hydrogens is 289 g/mol. The minimum Gasteiger partial charge on any atom is -0.465 e. The first-order valence-corrected chi connectivity index (χ1v) is 6.17. The van der Waals surface area contributed by atoms with E-state index in [4.69, 9.17) is 5.11 Å². The summed E-state index contributed by atoms with van der Waals surface area (Å²) in [4.78, 5) is 24.7. The molecule has 0 bridgehead atoms. The number of nitro benzene ring substituents is 1. The first-order chi connectivity index (χ1) is 9.45. The zero-order chi connectivity index (χ0) is 14.8. The number of carbonyl (C=O) groups is 1. The summed E-state index contributed by atoms with van der Waals surface area (Å²) in [5.74, 6) is -2.77. The Labute approximate surface area is 115 Å². The molecule has 0 spiro atoms. The molecule has 104 valence electrons. The second kappa shape index (κ2) is 5.21. The molecule has 20 heavy (non-hydrogen) atoms. The highest BCUT2D eigenvalue weighted by Crippen LogP contribution is 2.37. The molecule has 0 radical (unpaired) electrons. The van der Waals surface area contributed by atoms with Crippen molar-refractivity contribution in [1.82, 2.24) is 10.3 Å². The van der Waals surface area contributed by atoms with E-state index in [1.165, 1.54) is 23.7 Å². The van der Waals surface area contributed by atoms with Gasteiger partial charge in [-0.2, -0.15) is 0 Å². The second-order valence-electron chi connectivity index (χ2n) is 3.70. The number of nitrogens with one attached hydrogen (secondary N) is 1. The number of hydrogen-bond acceptors (Lipinski definition) is 5. The molecule has 1 amide bonds. The van der Waals surface area contributed by atoms with Crippen LogP contribution in [0.2, 0.25) is 0 Å². The van der Waals surface area contributed by atoms with Crippen molar-refractivity contribution in [2.45, 2.75) is 5.79 Å². The molecule has 0 aliphatic carbocycles. The minimum absolute atomic E-state index is 0.228. The number of hydrogen-bond donors (Lipinski definition) is 2. The number of thiazole rings is 1. The summed E-state index contributed by atoms with van der Waals surface area (Å²) < 4.78 is 15.1. The number of carboxylic acid groups (broad SMARTS) is 1. The normalized spacial score (nSPS) is 13.4. The van der Waals surface area contributed by atoms with E-state index in [2.05, 4.69) is 4.98 Å². The Hall–Kier alpha value is -2.55. The maximum absolute atomic E-state index is 15.1. The summed E-state index contributed by atoms with van der Waals surface area (Å²) >= 11 is 0.853. The van der Waals surface area contributed by atoms with Gasteiger partial charge in [0.05, 0.1) is 10.5 Å². The van der Waals surface area contributed by atoms with Gasteiger partial charge in [0.25, 0.3) is 11.5 Å². The largest absolute Gasteiger partial charge is 0.465 e. The molecule has 2 rings (SSSR count). The SMILES string of the molecule is O=C(O)NC(F)(c1nccs1)c1ccccc1[N+](=O)[O-]. The van der Waals surface area contributed by atoms with E-state index in [0.717, 1.165) is 23.5 Å². The topological polar surface area (TPSA) is 105 Å². The van der Waals surface area contributed by atoms with Gasteiger partial charge in [-0.3, -0.25) is 15.4 Å². The Balaban J connectivity index is 2.64. The molecule has 0 aliphatic rings. The quantitative estimate of drug-likeness (QED) is 0.512. The van der Waals surface area contributed by atoms with Crippen LogP contribution in [0.1, 0.15) is 10.6 Å². The molecule has 1 aromatic heterocycles. The third-order valence-electron chi connectivity index (χ3n) is 2.48. The third-order valence-corrected chi connectivity index (χ3v) is 3.35. The minimum atomic E-state index is -2.77. The van der Waals surface area contributed by atoms with Gasteiger partial charge < -0.3 is 5.11 Å². The predicted molar refractivity (Wildman–Crippen MR) is 68.3 cm³/mol. The van der Waals surface area contributed by atoms with E-state index < -0.39 is 28.1 Å². The highest BCUT2D eigenvalue weighted by atomic mass is 32.1. The molecule has 9 heteroatoms. The van der Waals surface area contributed by atoms with Crippen LogP contribution < -0.4 is 5.32 Å². The molecule has 2 N–H and O–H groups in total.